The fourth-order valence-corrected chi connectivity index (χ4v) is 3.98. The molecule has 0 saturated heterocycles. The van der Waals surface area contributed by atoms with Gasteiger partial charge in [-0.2, -0.15) is 5.10 Å². The molecule has 0 bridgehead atoms. The van der Waals surface area contributed by atoms with Crippen LogP contribution in [0.5, 0.6) is 0 Å². The van der Waals surface area contributed by atoms with Crippen molar-refractivity contribution in [2.45, 2.75) is 13.8 Å². The topological polar surface area (TPSA) is 29.3 Å². The first-order valence-corrected chi connectivity index (χ1v) is 9.96. The molecule has 1 heterocycles. The summed E-state index contributed by atoms with van der Waals surface area (Å²) in [5, 5.41) is 5.61. The predicted octanol–water partition coefficient (Wildman–Crippen LogP) is 7.10. The number of halogens is 4. The van der Waals surface area contributed by atoms with Gasteiger partial charge in [-0.15, -0.1) is 0 Å². The zero-order valence-electron chi connectivity index (χ0n) is 14.0. The van der Waals surface area contributed by atoms with Crippen molar-refractivity contribution in [3.8, 4) is 5.69 Å². The number of anilines is 1. The van der Waals surface area contributed by atoms with Crippen molar-refractivity contribution in [1.82, 2.24) is 4.57 Å². The maximum absolute atomic E-state index is 6.16. The SMILES string of the molecule is Cc1cc(/C=N\Nc2c(Cl)cc(Cl)cc2Cl)c(C)n1-c1ccc(I)cc1. The predicted molar refractivity (Wildman–Crippen MR) is 121 cm³/mol. The van der Waals surface area contributed by atoms with Gasteiger partial charge in [0, 0.05) is 31.2 Å². The van der Waals surface area contributed by atoms with Crippen LogP contribution in [0.4, 0.5) is 5.69 Å². The molecule has 134 valence electrons. The molecule has 0 unspecified atom stereocenters. The minimum Gasteiger partial charge on any atom is -0.318 e. The molecule has 0 aliphatic rings. The van der Waals surface area contributed by atoms with E-state index >= 15 is 0 Å². The molecule has 3 nitrogen and oxygen atoms in total. The zero-order valence-corrected chi connectivity index (χ0v) is 18.5. The molecule has 0 saturated carbocycles. The summed E-state index contributed by atoms with van der Waals surface area (Å²) in [5.41, 5.74) is 7.79. The molecule has 0 spiro atoms. The van der Waals surface area contributed by atoms with Crippen LogP contribution in [0.1, 0.15) is 17.0 Å². The van der Waals surface area contributed by atoms with Crippen molar-refractivity contribution in [3.63, 3.8) is 0 Å². The first kappa shape index (κ1) is 19.5. The van der Waals surface area contributed by atoms with E-state index in [1.165, 1.54) is 3.57 Å². The van der Waals surface area contributed by atoms with E-state index in [0.29, 0.717) is 20.8 Å². The Balaban J connectivity index is 1.86. The summed E-state index contributed by atoms with van der Waals surface area (Å²) < 4.78 is 3.40. The van der Waals surface area contributed by atoms with Crippen molar-refractivity contribution in [2.75, 3.05) is 5.43 Å². The molecular weight excluding hydrogens is 503 g/mol. The number of nitrogens with zero attached hydrogens (tertiary/aromatic N) is 2. The fraction of sp³-hybridized carbons (Fsp3) is 0.105. The van der Waals surface area contributed by atoms with Crippen LogP contribution >= 0.6 is 57.4 Å². The highest BCUT2D eigenvalue weighted by molar-refractivity contribution is 14.1. The number of aromatic nitrogens is 1. The molecule has 0 fully saturated rings. The fourth-order valence-electron chi connectivity index (χ4n) is 2.72. The quantitative estimate of drug-likeness (QED) is 0.223. The van der Waals surface area contributed by atoms with Gasteiger partial charge in [-0.3, -0.25) is 5.43 Å². The molecule has 1 N–H and O–H groups in total. The Morgan fingerprint density at radius 3 is 2.23 bits per heavy atom. The lowest BCUT2D eigenvalue weighted by Gasteiger charge is -2.09. The van der Waals surface area contributed by atoms with Crippen molar-refractivity contribution >= 4 is 69.3 Å². The molecule has 2 aromatic carbocycles. The summed E-state index contributed by atoms with van der Waals surface area (Å²) in [7, 11) is 0. The highest BCUT2D eigenvalue weighted by Crippen LogP contribution is 2.33. The van der Waals surface area contributed by atoms with Crippen molar-refractivity contribution in [1.29, 1.82) is 0 Å². The van der Waals surface area contributed by atoms with E-state index in [-0.39, 0.29) is 0 Å². The summed E-state index contributed by atoms with van der Waals surface area (Å²) in [6, 6.07) is 13.7. The molecule has 1 aromatic heterocycles. The summed E-state index contributed by atoms with van der Waals surface area (Å²) >= 11 is 20.5. The van der Waals surface area contributed by atoms with Crippen LogP contribution in [0.25, 0.3) is 5.69 Å². The van der Waals surface area contributed by atoms with Gasteiger partial charge in [0.05, 0.1) is 21.9 Å². The van der Waals surface area contributed by atoms with Gasteiger partial charge in [0.25, 0.3) is 0 Å². The molecule has 3 aromatic rings. The lowest BCUT2D eigenvalue weighted by molar-refractivity contribution is 0.964. The van der Waals surface area contributed by atoms with Crippen molar-refractivity contribution in [2.24, 2.45) is 5.10 Å². The summed E-state index contributed by atoms with van der Waals surface area (Å²) in [4.78, 5) is 0. The van der Waals surface area contributed by atoms with E-state index in [0.717, 1.165) is 22.6 Å². The summed E-state index contributed by atoms with van der Waals surface area (Å²) in [5.74, 6) is 0. The molecule has 0 atom stereocenters. The van der Waals surface area contributed by atoms with E-state index < -0.39 is 0 Å². The van der Waals surface area contributed by atoms with Gasteiger partial charge < -0.3 is 4.57 Å². The highest BCUT2D eigenvalue weighted by Gasteiger charge is 2.10. The van der Waals surface area contributed by atoms with E-state index in [4.69, 9.17) is 34.8 Å². The number of hydrogen-bond acceptors (Lipinski definition) is 2. The normalized spacial score (nSPS) is 11.3. The van der Waals surface area contributed by atoms with Crippen LogP contribution in [0.15, 0.2) is 47.6 Å². The maximum Gasteiger partial charge on any atom is 0.0935 e. The van der Waals surface area contributed by atoms with E-state index in [2.05, 4.69) is 81.9 Å². The van der Waals surface area contributed by atoms with E-state index in [1.807, 2.05) is 0 Å². The van der Waals surface area contributed by atoms with Crippen LogP contribution in [0, 0.1) is 17.4 Å². The highest BCUT2D eigenvalue weighted by atomic mass is 127. The summed E-state index contributed by atoms with van der Waals surface area (Å²) in [6.07, 6.45) is 1.76. The van der Waals surface area contributed by atoms with Crippen LogP contribution < -0.4 is 5.43 Å². The standard InChI is InChI=1S/C19H15Cl3IN3/c1-11-7-13(12(2)26(11)16-5-3-15(23)4-6-16)10-24-25-19-17(21)8-14(20)9-18(19)22/h3-10,25H,1-2H3/b24-10-. The van der Waals surface area contributed by atoms with Gasteiger partial charge in [-0.05, 0) is 78.9 Å². The average Bonchev–Trinajstić information content (AvgIpc) is 2.85. The molecule has 3 rings (SSSR count). The van der Waals surface area contributed by atoms with Gasteiger partial charge >= 0.3 is 0 Å². The second kappa shape index (κ2) is 8.21. The number of rotatable bonds is 4. The van der Waals surface area contributed by atoms with Crippen LogP contribution in [-0.2, 0) is 0 Å². The Kier molecular flexibility index (Phi) is 6.17. The third kappa shape index (κ3) is 4.19. The largest absolute Gasteiger partial charge is 0.318 e. The molecule has 0 aliphatic carbocycles. The first-order valence-electron chi connectivity index (χ1n) is 7.75. The Bertz CT molecular complexity index is 955. The van der Waals surface area contributed by atoms with Gasteiger partial charge in [0.1, 0.15) is 0 Å². The van der Waals surface area contributed by atoms with Crippen molar-refractivity contribution in [3.05, 3.63) is 78.1 Å². The Morgan fingerprint density at radius 1 is 1.00 bits per heavy atom. The Hall–Kier alpha value is -1.21. The van der Waals surface area contributed by atoms with Crippen molar-refractivity contribution < 1.29 is 0 Å². The molecule has 0 radical (unpaired) electrons. The monoisotopic (exact) mass is 517 g/mol. The lowest BCUT2D eigenvalue weighted by Crippen LogP contribution is -2.00. The smallest absolute Gasteiger partial charge is 0.0935 e. The minimum atomic E-state index is 0.420. The average molecular weight is 519 g/mol. The number of benzene rings is 2. The molecule has 26 heavy (non-hydrogen) atoms. The summed E-state index contributed by atoms with van der Waals surface area (Å²) in [6.45, 7) is 4.14. The lowest BCUT2D eigenvalue weighted by atomic mass is 10.2. The minimum absolute atomic E-state index is 0.420. The Labute approximate surface area is 181 Å². The van der Waals surface area contributed by atoms with Gasteiger partial charge in [0.2, 0.25) is 0 Å². The van der Waals surface area contributed by atoms with E-state index in [1.54, 1.807) is 18.3 Å². The number of hydrogen-bond donors (Lipinski definition) is 1. The second-order valence-electron chi connectivity index (χ2n) is 5.75. The second-order valence-corrected chi connectivity index (χ2v) is 8.25. The van der Waals surface area contributed by atoms with Crippen LogP contribution in [0.3, 0.4) is 0 Å². The molecule has 0 amide bonds. The molecule has 7 heteroatoms. The number of aryl methyl sites for hydroxylation is 1. The number of hydrazone groups is 1. The third-order valence-electron chi connectivity index (χ3n) is 3.94. The number of nitrogens with one attached hydrogen (secondary N) is 1. The van der Waals surface area contributed by atoms with Gasteiger partial charge in [-0.1, -0.05) is 34.8 Å². The maximum atomic E-state index is 6.16. The van der Waals surface area contributed by atoms with E-state index in [9.17, 15) is 0 Å². The Morgan fingerprint density at radius 2 is 1.62 bits per heavy atom. The zero-order chi connectivity index (χ0) is 18.8. The van der Waals surface area contributed by atoms with Gasteiger partial charge in [0.15, 0.2) is 0 Å². The molecular formula is C19H15Cl3IN3. The van der Waals surface area contributed by atoms with Crippen LogP contribution in [-0.4, -0.2) is 10.8 Å². The third-order valence-corrected chi connectivity index (χ3v) is 5.48. The molecule has 0 aliphatic heterocycles. The van der Waals surface area contributed by atoms with Crippen LogP contribution in [0.2, 0.25) is 15.1 Å². The first-order chi connectivity index (χ1) is 12.4. The van der Waals surface area contributed by atoms with Gasteiger partial charge in [-0.25, -0.2) is 0 Å².